The van der Waals surface area contributed by atoms with Crippen LogP contribution < -0.4 is 10.2 Å². The highest BCUT2D eigenvalue weighted by Gasteiger charge is 2.64. The molecule has 6 aromatic carbocycles. The van der Waals surface area contributed by atoms with E-state index in [2.05, 4.69) is 5.32 Å². The Hall–Kier alpha value is -6.98. The van der Waals surface area contributed by atoms with Crippen LogP contribution in [0.5, 0.6) is 0 Å². The number of rotatable bonds is 7. The Labute approximate surface area is 355 Å². The van der Waals surface area contributed by atoms with Crippen LogP contribution in [0.15, 0.2) is 163 Å². The number of nitrogens with zero attached hydrogens (tertiary/aromatic N) is 1. The number of benzene rings is 6. The van der Waals surface area contributed by atoms with Crippen LogP contribution in [0.3, 0.4) is 0 Å². The lowest BCUT2D eigenvalue weighted by Gasteiger charge is -2.41. The fraction of sp³-hybridized carbons (Fsp3) is 0.0833. The molecule has 0 aliphatic carbocycles. The van der Waals surface area contributed by atoms with Gasteiger partial charge in [-0.3, -0.25) is 28.8 Å². The van der Waals surface area contributed by atoms with Crippen molar-refractivity contribution in [3.05, 3.63) is 207 Å². The van der Waals surface area contributed by atoms with Crippen LogP contribution in [0.4, 0.5) is 11.4 Å². The molecular weight excluding hydrogens is 803 g/mol. The maximum Gasteiger partial charge on any atom is 0.296 e. The molecule has 300 valence electrons. The molecule has 60 heavy (non-hydrogen) atoms. The molecule has 3 heterocycles. The number of carbonyl (C=O) groups is 6. The van der Waals surface area contributed by atoms with Gasteiger partial charge in [0, 0.05) is 42.0 Å². The Balaban J connectivity index is 0.000000164. The summed E-state index contributed by atoms with van der Waals surface area (Å²) in [6.45, 7) is 0. The van der Waals surface area contributed by atoms with Crippen LogP contribution in [0, 0.1) is 0 Å². The molecule has 0 saturated heterocycles. The quantitative estimate of drug-likeness (QED) is 0.0920. The number of amides is 2. The molecule has 10 nitrogen and oxygen atoms in total. The summed E-state index contributed by atoms with van der Waals surface area (Å²) in [5.74, 6) is -1.54. The van der Waals surface area contributed by atoms with Crippen molar-refractivity contribution < 1.29 is 38.6 Å². The van der Waals surface area contributed by atoms with Gasteiger partial charge in [0.15, 0.2) is 17.3 Å². The minimum Gasteiger partial charge on any atom is -0.466 e. The van der Waals surface area contributed by atoms with E-state index in [1.807, 2.05) is 48.5 Å². The zero-order valence-electron chi connectivity index (χ0n) is 32.2. The lowest BCUT2D eigenvalue weighted by Crippen LogP contribution is -2.50. The second kappa shape index (κ2) is 18.7. The second-order valence-electron chi connectivity index (χ2n) is 13.2. The molecule has 12 heteroatoms. The Morgan fingerprint density at radius 3 is 1.65 bits per heavy atom. The monoisotopic (exact) mass is 838 g/mol. The third-order valence-corrected chi connectivity index (χ3v) is 10.3. The van der Waals surface area contributed by atoms with Gasteiger partial charge in [-0.05, 0) is 18.2 Å². The van der Waals surface area contributed by atoms with Crippen molar-refractivity contribution in [2.45, 2.75) is 12.0 Å². The van der Waals surface area contributed by atoms with Crippen molar-refractivity contribution in [1.82, 2.24) is 0 Å². The average Bonchev–Trinajstić information content (AvgIpc) is 3.71. The number of hydrogen-bond acceptors (Lipinski definition) is 8. The molecular formula is C48H36Cl2N2O8. The van der Waals surface area contributed by atoms with Crippen molar-refractivity contribution in [2.75, 3.05) is 24.4 Å². The molecule has 9 rings (SSSR count). The number of anilines is 2. The van der Waals surface area contributed by atoms with Crippen LogP contribution in [0.1, 0.15) is 59.0 Å². The van der Waals surface area contributed by atoms with E-state index in [1.54, 1.807) is 116 Å². The topological polar surface area (TPSA) is 147 Å². The number of ether oxygens (including phenoxy) is 1. The lowest BCUT2D eigenvalue weighted by molar-refractivity contribution is -0.134. The first-order valence-electron chi connectivity index (χ1n) is 18.4. The zero-order valence-corrected chi connectivity index (χ0v) is 33.7. The van der Waals surface area contributed by atoms with Crippen LogP contribution in [-0.2, 0) is 19.9 Å². The van der Waals surface area contributed by atoms with Crippen molar-refractivity contribution in [3.8, 4) is 0 Å². The van der Waals surface area contributed by atoms with E-state index >= 15 is 0 Å². The number of aliphatic hydroxyl groups is 1. The molecule has 2 amide bonds. The fourth-order valence-corrected chi connectivity index (χ4v) is 7.35. The van der Waals surface area contributed by atoms with Gasteiger partial charge >= 0.3 is 0 Å². The molecule has 3 aliphatic heterocycles. The highest BCUT2D eigenvalue weighted by atomic mass is 35.5. The van der Waals surface area contributed by atoms with E-state index in [4.69, 9.17) is 33.0 Å². The fourth-order valence-electron chi connectivity index (χ4n) is 6.82. The number of nitrogens with one attached hydrogen (secondary N) is 1. The van der Waals surface area contributed by atoms with Crippen molar-refractivity contribution >= 4 is 75.3 Å². The number of halogens is 2. The molecule has 1 spiro atoms. The maximum atomic E-state index is 13.6. The van der Waals surface area contributed by atoms with Crippen LogP contribution >= 0.6 is 23.2 Å². The van der Waals surface area contributed by atoms with Gasteiger partial charge in [-0.25, -0.2) is 0 Å². The summed E-state index contributed by atoms with van der Waals surface area (Å²) in [6, 6.07) is 46.2. The van der Waals surface area contributed by atoms with E-state index < -0.39 is 17.3 Å². The van der Waals surface area contributed by atoms with E-state index in [-0.39, 0.29) is 29.7 Å². The zero-order chi connectivity index (χ0) is 43.0. The lowest BCUT2D eigenvalue weighted by atomic mass is 9.76. The van der Waals surface area contributed by atoms with E-state index in [1.165, 1.54) is 4.90 Å². The first kappa shape index (κ1) is 42.6. The molecule has 3 aliphatic rings. The van der Waals surface area contributed by atoms with Crippen LogP contribution in [0.2, 0.25) is 10.0 Å². The summed E-state index contributed by atoms with van der Waals surface area (Å²) in [7, 11) is 2.65. The molecule has 0 fully saturated rings. The normalized spacial score (nSPS) is 15.3. The number of hydrogen-bond donors (Lipinski definition) is 2. The third-order valence-electron chi connectivity index (χ3n) is 9.66. The smallest absolute Gasteiger partial charge is 0.296 e. The molecule has 0 unspecified atom stereocenters. The number of ketones is 4. The number of para-hydroxylation sites is 2. The van der Waals surface area contributed by atoms with Gasteiger partial charge in [0.25, 0.3) is 17.6 Å². The Bertz CT molecular complexity index is 2590. The molecule has 1 atom stereocenters. The number of aliphatic hydroxyl groups excluding tert-OH is 1. The minimum absolute atomic E-state index is 0.0754. The van der Waals surface area contributed by atoms with Gasteiger partial charge in [-0.2, -0.15) is 0 Å². The second-order valence-corrected chi connectivity index (χ2v) is 14.1. The predicted molar refractivity (Wildman–Crippen MR) is 230 cm³/mol. The number of likely N-dealkylation sites (N-methyl/N-ethyl adjacent to an activating group) is 1. The molecule has 0 bridgehead atoms. The predicted octanol–water partition coefficient (Wildman–Crippen LogP) is 9.06. The van der Waals surface area contributed by atoms with Crippen molar-refractivity contribution in [2.24, 2.45) is 0 Å². The van der Waals surface area contributed by atoms with Crippen LogP contribution in [0.25, 0.3) is 5.76 Å². The van der Waals surface area contributed by atoms with E-state index in [0.717, 1.165) is 12.7 Å². The highest BCUT2D eigenvalue weighted by Crippen LogP contribution is 2.58. The number of fused-ring (bicyclic) bond motifs is 3. The summed E-state index contributed by atoms with van der Waals surface area (Å²) < 4.78 is 6.20. The van der Waals surface area contributed by atoms with E-state index in [0.29, 0.717) is 60.6 Å². The van der Waals surface area contributed by atoms with Gasteiger partial charge in [-0.1, -0.05) is 163 Å². The highest BCUT2D eigenvalue weighted by molar-refractivity contribution is 6.53. The standard InChI is InChI=1S/C24H16ClNO3.C15H12O2.C8H4ClNO2.CH4O/c1-26-20-17(13-8-14-18(20)25)24(23(26)28)19(21(27)15-9-4-2-5-10-15)22(29-24)16-11-6-3-7-12-16;16-14(12-7-3-1-4-8-12)11-15(17)13-9-5-2-6-10-13;9-5-3-1-2-4-6(5)10-8(12)7(4)11;1-2/h2-14H,1H3;1-10H,11H2;1-3H,(H,10,11,12);2H,1H3/t24-;;;/m1.../s1. The van der Waals surface area contributed by atoms with Crippen LogP contribution in [-0.4, -0.2) is 54.2 Å². The van der Waals surface area contributed by atoms with Gasteiger partial charge in [0.2, 0.25) is 5.60 Å². The van der Waals surface area contributed by atoms with Gasteiger partial charge in [0.1, 0.15) is 11.3 Å². The van der Waals surface area contributed by atoms with Gasteiger partial charge in [-0.15, -0.1) is 0 Å². The first-order valence-corrected chi connectivity index (χ1v) is 19.2. The maximum absolute atomic E-state index is 13.6. The average molecular weight is 840 g/mol. The summed E-state index contributed by atoms with van der Waals surface area (Å²) in [4.78, 5) is 74.0. The molecule has 0 saturated carbocycles. The van der Waals surface area contributed by atoms with Crippen molar-refractivity contribution in [1.29, 1.82) is 0 Å². The molecule has 0 aromatic heterocycles. The summed E-state index contributed by atoms with van der Waals surface area (Å²) in [6.07, 6.45) is -0.0754. The summed E-state index contributed by atoms with van der Waals surface area (Å²) in [5.41, 5.74) is 3.23. The first-order chi connectivity index (χ1) is 29.0. The number of Topliss-reactive ketones (excluding diaryl/α,β-unsaturated/α-hetero) is 4. The summed E-state index contributed by atoms with van der Waals surface area (Å²) >= 11 is 12.1. The molecule has 6 aromatic rings. The Morgan fingerprint density at radius 1 is 0.633 bits per heavy atom. The third kappa shape index (κ3) is 8.30. The minimum atomic E-state index is -1.48. The molecule has 0 radical (unpaired) electrons. The van der Waals surface area contributed by atoms with Crippen molar-refractivity contribution in [3.63, 3.8) is 0 Å². The summed E-state index contributed by atoms with van der Waals surface area (Å²) in [5, 5.41) is 10.2. The van der Waals surface area contributed by atoms with Gasteiger partial charge < -0.3 is 20.1 Å². The Morgan fingerprint density at radius 2 is 1.12 bits per heavy atom. The largest absolute Gasteiger partial charge is 0.466 e. The Kier molecular flexibility index (Phi) is 13.3. The molecule has 2 N–H and O–H groups in total. The van der Waals surface area contributed by atoms with Gasteiger partial charge in [0.05, 0.1) is 33.4 Å². The SMILES string of the molecule is CN1C(=O)[C@@]2(OC(c3ccccc3)=C2C(=O)c2ccccc2)c2cccc(Cl)c21.CO.O=C(CC(=O)c1ccccc1)c1ccccc1.O=C1Nc2c(Cl)cccc2C1=O. The van der Waals surface area contributed by atoms with E-state index in [9.17, 15) is 28.8 Å². The number of carbonyl (C=O) groups excluding carboxylic acids is 6.